The molecular weight excluding hydrogens is 334 g/mol. The van der Waals surface area contributed by atoms with E-state index in [4.69, 9.17) is 9.47 Å². The van der Waals surface area contributed by atoms with E-state index in [1.807, 2.05) is 19.1 Å². The molecule has 1 saturated heterocycles. The van der Waals surface area contributed by atoms with Crippen LogP contribution in [0.3, 0.4) is 0 Å². The number of carbonyl (C=O) groups excluding carboxylic acids is 2. The number of aryl methyl sites for hydroxylation is 1. The van der Waals surface area contributed by atoms with Crippen molar-refractivity contribution in [3.8, 4) is 5.75 Å². The van der Waals surface area contributed by atoms with E-state index in [9.17, 15) is 9.59 Å². The number of aromatic nitrogens is 1. The summed E-state index contributed by atoms with van der Waals surface area (Å²) in [5.74, 6) is -0.0360. The minimum atomic E-state index is -0.398. The van der Waals surface area contributed by atoms with Crippen molar-refractivity contribution < 1.29 is 19.1 Å². The molecule has 1 N–H and O–H groups in total. The summed E-state index contributed by atoms with van der Waals surface area (Å²) in [6.07, 6.45) is 0. The maximum atomic E-state index is 12.6. The van der Waals surface area contributed by atoms with Gasteiger partial charge in [-0.2, -0.15) is 0 Å². The number of hydrogen-bond donors (Lipinski definition) is 1. The van der Waals surface area contributed by atoms with E-state index < -0.39 is 5.91 Å². The summed E-state index contributed by atoms with van der Waals surface area (Å²) < 4.78 is 10.5. The highest BCUT2D eigenvalue weighted by Crippen LogP contribution is 2.25. The molecule has 0 atom stereocenters. The molecule has 1 aromatic carbocycles. The molecule has 1 aliphatic heterocycles. The first-order valence-electron chi connectivity index (χ1n) is 8.38. The molecule has 1 aliphatic rings. The minimum absolute atomic E-state index is 0.174. The summed E-state index contributed by atoms with van der Waals surface area (Å²) in [5, 5.41) is 2.79. The van der Waals surface area contributed by atoms with Crippen molar-refractivity contribution in [3.63, 3.8) is 0 Å². The van der Waals surface area contributed by atoms with Gasteiger partial charge >= 0.3 is 0 Å². The zero-order valence-electron chi connectivity index (χ0n) is 14.8. The molecule has 0 bridgehead atoms. The number of nitrogens with one attached hydrogen (secondary N) is 1. The Morgan fingerprint density at radius 2 is 1.88 bits per heavy atom. The van der Waals surface area contributed by atoms with Gasteiger partial charge in [0, 0.05) is 13.1 Å². The Bertz CT molecular complexity index is 816. The predicted molar refractivity (Wildman–Crippen MR) is 96.6 cm³/mol. The van der Waals surface area contributed by atoms with Crippen molar-refractivity contribution >= 4 is 17.5 Å². The zero-order valence-corrected chi connectivity index (χ0v) is 14.8. The maximum absolute atomic E-state index is 12.6. The lowest BCUT2D eigenvalue weighted by atomic mass is 10.2. The molecule has 7 heteroatoms. The van der Waals surface area contributed by atoms with Crippen LogP contribution in [0.2, 0.25) is 0 Å². The van der Waals surface area contributed by atoms with E-state index in [0.29, 0.717) is 37.7 Å². The van der Waals surface area contributed by atoms with E-state index in [2.05, 4.69) is 10.3 Å². The molecule has 2 amide bonds. The summed E-state index contributed by atoms with van der Waals surface area (Å²) in [5.41, 5.74) is 1.97. The van der Waals surface area contributed by atoms with Gasteiger partial charge in [0.05, 0.1) is 26.0 Å². The lowest BCUT2D eigenvalue weighted by Crippen LogP contribution is -2.41. The first-order valence-corrected chi connectivity index (χ1v) is 8.38. The lowest BCUT2D eigenvalue weighted by molar-refractivity contribution is 0.0299. The number of morpholine rings is 1. The van der Waals surface area contributed by atoms with Crippen LogP contribution in [0.5, 0.6) is 5.75 Å². The molecule has 0 spiro atoms. The maximum Gasteiger partial charge on any atom is 0.274 e. The van der Waals surface area contributed by atoms with Crippen molar-refractivity contribution in [1.82, 2.24) is 9.88 Å². The third kappa shape index (κ3) is 4.00. The van der Waals surface area contributed by atoms with Gasteiger partial charge in [0.1, 0.15) is 17.1 Å². The molecule has 0 radical (unpaired) electrons. The van der Waals surface area contributed by atoms with Crippen LogP contribution in [0.4, 0.5) is 5.69 Å². The molecule has 2 heterocycles. The van der Waals surface area contributed by atoms with Crippen LogP contribution in [-0.2, 0) is 4.74 Å². The second-order valence-corrected chi connectivity index (χ2v) is 5.97. The first kappa shape index (κ1) is 17.9. The number of rotatable bonds is 4. The molecule has 0 aliphatic carbocycles. The van der Waals surface area contributed by atoms with Crippen LogP contribution < -0.4 is 10.1 Å². The Kier molecular flexibility index (Phi) is 5.48. The number of methoxy groups -OCH3 is 1. The Hall–Kier alpha value is -2.93. The average Bonchev–Trinajstić information content (AvgIpc) is 2.68. The van der Waals surface area contributed by atoms with Gasteiger partial charge in [0.15, 0.2) is 0 Å². The van der Waals surface area contributed by atoms with Crippen molar-refractivity contribution in [2.24, 2.45) is 0 Å². The summed E-state index contributed by atoms with van der Waals surface area (Å²) >= 11 is 0. The second-order valence-electron chi connectivity index (χ2n) is 5.97. The predicted octanol–water partition coefficient (Wildman–Crippen LogP) is 2.12. The largest absolute Gasteiger partial charge is 0.495 e. The summed E-state index contributed by atoms with van der Waals surface area (Å²) in [7, 11) is 1.54. The lowest BCUT2D eigenvalue weighted by Gasteiger charge is -2.26. The smallest absolute Gasteiger partial charge is 0.274 e. The molecule has 1 fully saturated rings. The fourth-order valence-electron chi connectivity index (χ4n) is 2.71. The Morgan fingerprint density at radius 1 is 1.15 bits per heavy atom. The van der Waals surface area contributed by atoms with Crippen LogP contribution >= 0.6 is 0 Å². The number of pyridine rings is 1. The number of amides is 2. The fraction of sp³-hybridized carbons (Fsp3) is 0.316. The number of hydrogen-bond acceptors (Lipinski definition) is 5. The second kappa shape index (κ2) is 7.97. The molecule has 0 unspecified atom stereocenters. The number of nitrogens with zero attached hydrogens (tertiary/aromatic N) is 2. The van der Waals surface area contributed by atoms with Crippen molar-refractivity contribution in [1.29, 1.82) is 0 Å². The normalized spacial score (nSPS) is 14.0. The van der Waals surface area contributed by atoms with E-state index in [0.717, 1.165) is 5.56 Å². The van der Waals surface area contributed by atoms with Gasteiger partial charge in [0.2, 0.25) is 0 Å². The Balaban J connectivity index is 1.78. The van der Waals surface area contributed by atoms with Crippen molar-refractivity contribution in [3.05, 3.63) is 53.3 Å². The van der Waals surface area contributed by atoms with Gasteiger partial charge in [0.25, 0.3) is 11.8 Å². The highest BCUT2D eigenvalue weighted by atomic mass is 16.5. The highest BCUT2D eigenvalue weighted by Gasteiger charge is 2.21. The number of anilines is 1. The van der Waals surface area contributed by atoms with Crippen LogP contribution in [-0.4, -0.2) is 55.1 Å². The molecule has 2 aromatic rings. The molecular formula is C19H21N3O4. The van der Waals surface area contributed by atoms with E-state index in [-0.39, 0.29) is 17.3 Å². The molecule has 1 aromatic heterocycles. The number of ether oxygens (including phenoxy) is 2. The van der Waals surface area contributed by atoms with Gasteiger partial charge in [-0.25, -0.2) is 4.98 Å². The van der Waals surface area contributed by atoms with Crippen LogP contribution in [0.1, 0.15) is 26.5 Å². The SMILES string of the molecule is COc1ccc(C)cc1NC(=O)c1cccc(C(=O)N2CCOCC2)n1. The van der Waals surface area contributed by atoms with Gasteiger partial charge in [-0.15, -0.1) is 0 Å². The fourth-order valence-corrected chi connectivity index (χ4v) is 2.71. The molecule has 0 saturated carbocycles. The van der Waals surface area contributed by atoms with Gasteiger partial charge in [-0.05, 0) is 36.8 Å². The zero-order chi connectivity index (χ0) is 18.5. The minimum Gasteiger partial charge on any atom is -0.495 e. The molecule has 3 rings (SSSR count). The molecule has 7 nitrogen and oxygen atoms in total. The Labute approximate surface area is 151 Å². The molecule has 136 valence electrons. The highest BCUT2D eigenvalue weighted by molar-refractivity contribution is 6.04. The van der Waals surface area contributed by atoms with E-state index >= 15 is 0 Å². The quantitative estimate of drug-likeness (QED) is 0.909. The van der Waals surface area contributed by atoms with Gasteiger partial charge < -0.3 is 19.7 Å². The third-order valence-corrected chi connectivity index (χ3v) is 4.10. The van der Waals surface area contributed by atoms with E-state index in [1.165, 1.54) is 0 Å². The van der Waals surface area contributed by atoms with Crippen molar-refractivity contribution in [2.75, 3.05) is 38.7 Å². The summed E-state index contributed by atoms with van der Waals surface area (Å²) in [6.45, 7) is 4.00. The van der Waals surface area contributed by atoms with Crippen molar-refractivity contribution in [2.45, 2.75) is 6.92 Å². The summed E-state index contributed by atoms with van der Waals surface area (Å²) in [4.78, 5) is 31.0. The number of benzene rings is 1. The van der Waals surface area contributed by atoms with Gasteiger partial charge in [-0.3, -0.25) is 9.59 Å². The van der Waals surface area contributed by atoms with E-state index in [1.54, 1.807) is 36.3 Å². The van der Waals surface area contributed by atoms with Crippen LogP contribution in [0, 0.1) is 6.92 Å². The topological polar surface area (TPSA) is 80.8 Å². The van der Waals surface area contributed by atoms with Crippen LogP contribution in [0.25, 0.3) is 0 Å². The monoisotopic (exact) mass is 355 g/mol. The third-order valence-electron chi connectivity index (χ3n) is 4.10. The van der Waals surface area contributed by atoms with Crippen LogP contribution in [0.15, 0.2) is 36.4 Å². The standard InChI is InChI=1S/C19H21N3O4/c1-13-6-7-17(25-2)16(12-13)21-18(23)14-4-3-5-15(20-14)19(24)22-8-10-26-11-9-22/h3-7,12H,8-11H2,1-2H3,(H,21,23). The first-order chi connectivity index (χ1) is 12.6. The number of carbonyl (C=O) groups is 2. The average molecular weight is 355 g/mol. The summed E-state index contributed by atoms with van der Waals surface area (Å²) in [6, 6.07) is 10.4. The van der Waals surface area contributed by atoms with Gasteiger partial charge in [-0.1, -0.05) is 12.1 Å². The Morgan fingerprint density at radius 3 is 2.62 bits per heavy atom. The molecule has 26 heavy (non-hydrogen) atoms.